The number of aliphatic imine (C=N–C) groups is 2. The lowest BCUT2D eigenvalue weighted by Gasteiger charge is -2.33. The highest BCUT2D eigenvalue weighted by Crippen LogP contribution is 2.22. The standard InChI is InChI=1S/C25H26BrClN4OS/c1-17-22(26)16-28-15-19(13-24(29-17)21-6-2-3-7-23(21)27)30-18-8-10-31(11-9-18)25(32)14-20-5-4-12-33-20/h2-7,12-13,16,18,30H,8-11,14-15H2,1H3/b19-13+,22-17-,28-16?,29-24-. The Morgan fingerprint density at radius 3 is 2.76 bits per heavy atom. The van der Waals surface area contributed by atoms with Gasteiger partial charge < -0.3 is 10.2 Å². The van der Waals surface area contributed by atoms with Gasteiger partial charge >= 0.3 is 0 Å². The number of carbonyl (C=O) groups is 1. The van der Waals surface area contributed by atoms with Gasteiger partial charge in [0.25, 0.3) is 0 Å². The molecule has 4 rings (SSSR count). The van der Waals surface area contributed by atoms with E-state index in [4.69, 9.17) is 16.6 Å². The maximum atomic E-state index is 12.6. The van der Waals surface area contributed by atoms with Crippen molar-refractivity contribution >= 4 is 56.7 Å². The summed E-state index contributed by atoms with van der Waals surface area (Å²) >= 11 is 11.7. The molecule has 2 aromatic rings. The molecule has 0 spiro atoms. The summed E-state index contributed by atoms with van der Waals surface area (Å²) < 4.78 is 0.847. The van der Waals surface area contributed by atoms with Crippen molar-refractivity contribution in [3.05, 3.63) is 79.2 Å². The van der Waals surface area contributed by atoms with Gasteiger partial charge in [-0.2, -0.15) is 0 Å². The number of rotatable bonds is 5. The number of benzene rings is 1. The Bertz CT molecular complexity index is 1120. The van der Waals surface area contributed by atoms with Crippen molar-refractivity contribution in [1.29, 1.82) is 0 Å². The molecule has 2 aliphatic rings. The van der Waals surface area contributed by atoms with Gasteiger partial charge in [-0.15, -0.1) is 11.3 Å². The number of hydrogen-bond acceptors (Lipinski definition) is 5. The second kappa shape index (κ2) is 11.3. The maximum absolute atomic E-state index is 12.6. The van der Waals surface area contributed by atoms with E-state index in [0.717, 1.165) is 58.0 Å². The predicted molar refractivity (Wildman–Crippen MR) is 142 cm³/mol. The van der Waals surface area contributed by atoms with Crippen molar-refractivity contribution in [2.75, 3.05) is 19.6 Å². The summed E-state index contributed by atoms with van der Waals surface area (Å²) in [7, 11) is 0. The molecule has 1 aromatic heterocycles. The van der Waals surface area contributed by atoms with Gasteiger partial charge in [0.1, 0.15) is 0 Å². The Balaban J connectivity index is 1.46. The minimum Gasteiger partial charge on any atom is -0.384 e. The van der Waals surface area contributed by atoms with E-state index < -0.39 is 0 Å². The average molecular weight is 546 g/mol. The van der Waals surface area contributed by atoms with Gasteiger partial charge in [0.2, 0.25) is 5.91 Å². The van der Waals surface area contributed by atoms with Crippen molar-refractivity contribution in [2.24, 2.45) is 9.98 Å². The summed E-state index contributed by atoms with van der Waals surface area (Å²) in [5.41, 5.74) is 3.51. The quantitative estimate of drug-likeness (QED) is 0.531. The predicted octanol–water partition coefficient (Wildman–Crippen LogP) is 5.61. The summed E-state index contributed by atoms with van der Waals surface area (Å²) in [6.07, 6.45) is 6.14. The van der Waals surface area contributed by atoms with E-state index in [2.05, 4.69) is 26.2 Å². The lowest BCUT2D eigenvalue weighted by atomic mass is 10.0. The Morgan fingerprint density at radius 1 is 1.24 bits per heavy atom. The van der Waals surface area contributed by atoms with Crippen LogP contribution >= 0.6 is 38.9 Å². The zero-order chi connectivity index (χ0) is 23.2. The fraction of sp³-hybridized carbons (Fsp3) is 0.320. The zero-order valence-corrected chi connectivity index (χ0v) is 21.6. The topological polar surface area (TPSA) is 57.1 Å². The normalized spacial score (nSPS) is 23.1. The number of likely N-dealkylation sites (tertiary alicyclic amines) is 1. The van der Waals surface area contributed by atoms with Gasteiger partial charge in [-0.25, -0.2) is 0 Å². The van der Waals surface area contributed by atoms with Gasteiger partial charge in [-0.3, -0.25) is 14.8 Å². The minimum atomic E-state index is 0.210. The molecule has 0 saturated carbocycles. The lowest BCUT2D eigenvalue weighted by molar-refractivity contribution is -0.131. The fourth-order valence-electron chi connectivity index (χ4n) is 3.90. The molecule has 172 valence electrons. The van der Waals surface area contributed by atoms with Gasteiger partial charge in [0.05, 0.1) is 28.9 Å². The zero-order valence-electron chi connectivity index (χ0n) is 18.4. The second-order valence-corrected chi connectivity index (χ2v) is 10.4. The van der Waals surface area contributed by atoms with Crippen LogP contribution in [0.2, 0.25) is 5.02 Å². The highest BCUT2D eigenvalue weighted by atomic mass is 79.9. The smallest absolute Gasteiger partial charge is 0.227 e. The molecular weight excluding hydrogens is 520 g/mol. The molecule has 0 unspecified atom stereocenters. The van der Waals surface area contributed by atoms with Crippen LogP contribution in [0.3, 0.4) is 0 Å². The Morgan fingerprint density at radius 2 is 2.03 bits per heavy atom. The van der Waals surface area contributed by atoms with E-state index in [0.29, 0.717) is 18.0 Å². The number of amides is 1. The highest BCUT2D eigenvalue weighted by molar-refractivity contribution is 9.12. The summed E-state index contributed by atoms with van der Waals surface area (Å²) in [4.78, 5) is 25.1. The first-order valence-corrected chi connectivity index (χ1v) is 13.0. The third-order valence-corrected chi connectivity index (χ3v) is 7.69. The SMILES string of the molecule is CC1=C(\Br)C=NC\C(NC2CCN(C(=O)Cc3cccs3)CC2)=C/C(c2ccccc2Cl)=N/1. The van der Waals surface area contributed by atoms with E-state index in [9.17, 15) is 4.79 Å². The van der Waals surface area contributed by atoms with E-state index in [1.54, 1.807) is 17.6 Å². The number of hydrogen-bond donors (Lipinski definition) is 1. The maximum Gasteiger partial charge on any atom is 0.227 e. The van der Waals surface area contributed by atoms with E-state index in [1.165, 1.54) is 0 Å². The molecule has 1 N–H and O–H groups in total. The van der Waals surface area contributed by atoms with E-state index in [-0.39, 0.29) is 11.9 Å². The molecule has 0 aliphatic carbocycles. The number of thiophene rings is 1. The summed E-state index contributed by atoms with van der Waals surface area (Å²) in [6, 6.07) is 12.0. The molecule has 8 heteroatoms. The van der Waals surface area contributed by atoms with Crippen LogP contribution in [-0.2, 0) is 11.2 Å². The molecule has 1 saturated heterocycles. The van der Waals surface area contributed by atoms with E-state index >= 15 is 0 Å². The van der Waals surface area contributed by atoms with Crippen LogP contribution in [0, 0.1) is 0 Å². The Labute approximate surface area is 212 Å². The molecule has 1 fully saturated rings. The summed E-state index contributed by atoms with van der Waals surface area (Å²) in [5, 5.41) is 6.34. The number of allylic oxidation sites excluding steroid dienone is 3. The molecule has 0 radical (unpaired) electrons. The van der Waals surface area contributed by atoms with Crippen LogP contribution in [0.1, 0.15) is 30.2 Å². The first-order valence-electron chi connectivity index (χ1n) is 11.0. The van der Waals surface area contributed by atoms with Crippen LogP contribution in [0.15, 0.2) is 73.7 Å². The molecular formula is C25H26BrClN4OS. The Kier molecular flexibility index (Phi) is 8.17. The fourth-order valence-corrected chi connectivity index (χ4v) is 5.06. The first-order chi connectivity index (χ1) is 16.0. The third kappa shape index (κ3) is 6.43. The van der Waals surface area contributed by atoms with E-state index in [1.807, 2.05) is 59.7 Å². The largest absolute Gasteiger partial charge is 0.384 e. The summed E-state index contributed by atoms with van der Waals surface area (Å²) in [5.74, 6) is 0.210. The molecule has 1 amide bonds. The van der Waals surface area contributed by atoms with Crippen LogP contribution in [0.5, 0.6) is 0 Å². The minimum absolute atomic E-state index is 0.210. The van der Waals surface area contributed by atoms with Crippen molar-refractivity contribution in [3.63, 3.8) is 0 Å². The molecule has 33 heavy (non-hydrogen) atoms. The van der Waals surface area contributed by atoms with Crippen molar-refractivity contribution in [2.45, 2.75) is 32.2 Å². The molecule has 0 atom stereocenters. The number of piperidine rings is 1. The number of nitrogens with one attached hydrogen (secondary N) is 1. The number of halogens is 2. The van der Waals surface area contributed by atoms with Gasteiger partial charge in [-0.1, -0.05) is 35.9 Å². The molecule has 3 heterocycles. The van der Waals surface area contributed by atoms with Crippen LogP contribution in [-0.4, -0.2) is 48.4 Å². The third-order valence-electron chi connectivity index (χ3n) is 5.70. The van der Waals surface area contributed by atoms with Gasteiger partial charge in [0.15, 0.2) is 0 Å². The molecule has 0 bridgehead atoms. The molecule has 5 nitrogen and oxygen atoms in total. The van der Waals surface area contributed by atoms with Crippen molar-refractivity contribution in [3.8, 4) is 0 Å². The summed E-state index contributed by atoms with van der Waals surface area (Å²) in [6.45, 7) is 3.98. The molecule has 1 aromatic carbocycles. The lowest BCUT2D eigenvalue weighted by Crippen LogP contribution is -2.45. The monoisotopic (exact) mass is 544 g/mol. The second-order valence-electron chi connectivity index (χ2n) is 8.11. The number of carbonyl (C=O) groups excluding carboxylic acids is 1. The van der Waals surface area contributed by atoms with Gasteiger partial charge in [-0.05, 0) is 59.3 Å². The molecule has 2 aliphatic heterocycles. The van der Waals surface area contributed by atoms with Crippen LogP contribution in [0.25, 0.3) is 0 Å². The van der Waals surface area contributed by atoms with Crippen LogP contribution in [0.4, 0.5) is 0 Å². The first kappa shape index (κ1) is 23.9. The average Bonchev–Trinajstić information content (AvgIpc) is 3.33. The van der Waals surface area contributed by atoms with Crippen molar-refractivity contribution in [1.82, 2.24) is 10.2 Å². The van der Waals surface area contributed by atoms with Gasteiger partial charge in [0, 0.05) is 46.5 Å². The number of nitrogens with zero attached hydrogens (tertiary/aromatic N) is 3. The highest BCUT2D eigenvalue weighted by Gasteiger charge is 2.23. The Hall–Kier alpha value is -2.22. The van der Waals surface area contributed by atoms with Crippen molar-refractivity contribution < 1.29 is 4.79 Å². The van der Waals surface area contributed by atoms with Crippen LogP contribution < -0.4 is 5.32 Å².